The maximum absolute atomic E-state index is 12.9. The van der Waals surface area contributed by atoms with Gasteiger partial charge >= 0.3 is 0 Å². The molecule has 1 saturated carbocycles. The molecule has 2 nitrogen and oxygen atoms in total. The number of rotatable bonds is 4. The van der Waals surface area contributed by atoms with Gasteiger partial charge in [-0.15, -0.1) is 0 Å². The molecule has 2 rings (SSSR count). The lowest BCUT2D eigenvalue weighted by Gasteiger charge is -2.41. The van der Waals surface area contributed by atoms with Crippen LogP contribution in [0.15, 0.2) is 18.2 Å². The molecule has 1 aliphatic carbocycles. The number of hydrogen-bond donors (Lipinski definition) is 2. The maximum Gasteiger partial charge on any atom is 0.123 e. The summed E-state index contributed by atoms with van der Waals surface area (Å²) in [7, 11) is 0. The number of halogens is 1. The van der Waals surface area contributed by atoms with E-state index in [0.29, 0.717) is 6.54 Å². The molecule has 0 aromatic heterocycles. The highest BCUT2D eigenvalue weighted by atomic mass is 19.1. The SMILES string of the molecule is Cc1cc(F)ccc1CNC1(CO)CCC1. The molecular formula is C13H18FNO. The van der Waals surface area contributed by atoms with Gasteiger partial charge in [-0.05, 0) is 49.4 Å². The Bertz CT molecular complexity index is 369. The van der Waals surface area contributed by atoms with Crippen LogP contribution in [0, 0.1) is 12.7 Å². The summed E-state index contributed by atoms with van der Waals surface area (Å²) in [6.07, 6.45) is 3.24. The number of hydrogen-bond acceptors (Lipinski definition) is 2. The van der Waals surface area contributed by atoms with Crippen molar-refractivity contribution in [3.63, 3.8) is 0 Å². The molecule has 1 aromatic carbocycles. The van der Waals surface area contributed by atoms with Crippen molar-refractivity contribution in [3.8, 4) is 0 Å². The largest absolute Gasteiger partial charge is 0.394 e. The van der Waals surface area contributed by atoms with Gasteiger partial charge in [-0.3, -0.25) is 0 Å². The van der Waals surface area contributed by atoms with Crippen molar-refractivity contribution >= 4 is 0 Å². The first-order chi connectivity index (χ1) is 7.65. The van der Waals surface area contributed by atoms with Crippen LogP contribution in [0.25, 0.3) is 0 Å². The van der Waals surface area contributed by atoms with Crippen LogP contribution in [0.2, 0.25) is 0 Å². The summed E-state index contributed by atoms with van der Waals surface area (Å²) in [4.78, 5) is 0. The first-order valence-corrected chi connectivity index (χ1v) is 5.76. The predicted molar refractivity (Wildman–Crippen MR) is 61.6 cm³/mol. The molecule has 0 atom stereocenters. The molecule has 0 saturated heterocycles. The summed E-state index contributed by atoms with van der Waals surface area (Å²) in [5.74, 6) is -0.193. The molecule has 0 unspecified atom stereocenters. The zero-order chi connectivity index (χ0) is 11.6. The van der Waals surface area contributed by atoms with Crippen LogP contribution in [0.1, 0.15) is 30.4 Å². The number of benzene rings is 1. The normalized spacial score (nSPS) is 18.2. The monoisotopic (exact) mass is 223 g/mol. The van der Waals surface area contributed by atoms with E-state index in [1.165, 1.54) is 12.5 Å². The standard InChI is InChI=1S/C13H18FNO/c1-10-7-12(14)4-3-11(10)8-15-13(9-16)5-2-6-13/h3-4,7,15-16H,2,5-6,8-9H2,1H3. The highest BCUT2D eigenvalue weighted by molar-refractivity contribution is 5.26. The van der Waals surface area contributed by atoms with Gasteiger partial charge in [0.25, 0.3) is 0 Å². The smallest absolute Gasteiger partial charge is 0.123 e. The molecular weight excluding hydrogens is 205 g/mol. The van der Waals surface area contributed by atoms with Gasteiger partial charge in [-0.25, -0.2) is 4.39 Å². The second-order valence-electron chi connectivity index (χ2n) is 4.72. The zero-order valence-corrected chi connectivity index (χ0v) is 9.59. The quantitative estimate of drug-likeness (QED) is 0.819. The summed E-state index contributed by atoms with van der Waals surface area (Å²) in [6.45, 7) is 2.80. The molecule has 88 valence electrons. The Labute approximate surface area is 95.5 Å². The molecule has 0 bridgehead atoms. The summed E-state index contributed by atoms with van der Waals surface area (Å²) in [5, 5.41) is 12.7. The van der Waals surface area contributed by atoms with Gasteiger partial charge in [0.2, 0.25) is 0 Å². The van der Waals surface area contributed by atoms with Crippen molar-refractivity contribution in [2.75, 3.05) is 6.61 Å². The summed E-state index contributed by atoms with van der Waals surface area (Å²) < 4.78 is 12.9. The number of aliphatic hydroxyl groups is 1. The molecule has 2 N–H and O–H groups in total. The first kappa shape index (κ1) is 11.6. The second-order valence-corrected chi connectivity index (χ2v) is 4.72. The van der Waals surface area contributed by atoms with Crippen LogP contribution < -0.4 is 5.32 Å². The molecule has 3 heteroatoms. The summed E-state index contributed by atoms with van der Waals surface area (Å²) >= 11 is 0. The minimum absolute atomic E-state index is 0.0825. The molecule has 1 aromatic rings. The molecule has 1 aliphatic rings. The van der Waals surface area contributed by atoms with Crippen molar-refractivity contribution < 1.29 is 9.50 Å². The van der Waals surface area contributed by atoms with Gasteiger partial charge in [-0.2, -0.15) is 0 Å². The summed E-state index contributed by atoms with van der Waals surface area (Å²) in [5.41, 5.74) is 1.97. The fourth-order valence-electron chi connectivity index (χ4n) is 2.13. The lowest BCUT2D eigenvalue weighted by Crippen LogP contribution is -2.53. The van der Waals surface area contributed by atoms with E-state index in [2.05, 4.69) is 5.32 Å². The van der Waals surface area contributed by atoms with Crippen molar-refractivity contribution in [1.29, 1.82) is 0 Å². The zero-order valence-electron chi connectivity index (χ0n) is 9.59. The van der Waals surface area contributed by atoms with E-state index in [-0.39, 0.29) is 18.0 Å². The van der Waals surface area contributed by atoms with E-state index in [1.807, 2.05) is 6.92 Å². The minimum atomic E-state index is -0.193. The molecule has 1 fully saturated rings. The number of nitrogens with one attached hydrogen (secondary N) is 1. The third-order valence-electron chi connectivity index (χ3n) is 3.57. The lowest BCUT2D eigenvalue weighted by atomic mass is 9.77. The number of aryl methyl sites for hydroxylation is 1. The Hall–Kier alpha value is -0.930. The lowest BCUT2D eigenvalue weighted by molar-refractivity contribution is 0.0871. The van der Waals surface area contributed by atoms with Crippen molar-refractivity contribution in [3.05, 3.63) is 35.1 Å². The van der Waals surface area contributed by atoms with Gasteiger partial charge in [0.15, 0.2) is 0 Å². The van der Waals surface area contributed by atoms with E-state index in [1.54, 1.807) is 12.1 Å². The van der Waals surface area contributed by atoms with Crippen LogP contribution >= 0.6 is 0 Å². The molecule has 0 aliphatic heterocycles. The van der Waals surface area contributed by atoms with E-state index in [0.717, 1.165) is 24.0 Å². The van der Waals surface area contributed by atoms with Gasteiger partial charge in [-0.1, -0.05) is 6.07 Å². The predicted octanol–water partition coefficient (Wildman–Crippen LogP) is 2.14. The average Bonchev–Trinajstić information content (AvgIpc) is 2.19. The molecule has 0 radical (unpaired) electrons. The number of aliphatic hydroxyl groups excluding tert-OH is 1. The highest BCUT2D eigenvalue weighted by Gasteiger charge is 2.35. The molecule has 16 heavy (non-hydrogen) atoms. The Morgan fingerprint density at radius 1 is 1.44 bits per heavy atom. The van der Waals surface area contributed by atoms with E-state index in [4.69, 9.17) is 0 Å². The highest BCUT2D eigenvalue weighted by Crippen LogP contribution is 2.31. The molecule has 0 amide bonds. The fraction of sp³-hybridized carbons (Fsp3) is 0.538. The van der Waals surface area contributed by atoms with Crippen LogP contribution in [0.5, 0.6) is 0 Å². The van der Waals surface area contributed by atoms with Gasteiger partial charge < -0.3 is 10.4 Å². The fourth-order valence-corrected chi connectivity index (χ4v) is 2.13. The second kappa shape index (κ2) is 4.52. The van der Waals surface area contributed by atoms with E-state index < -0.39 is 0 Å². The minimum Gasteiger partial charge on any atom is -0.394 e. The van der Waals surface area contributed by atoms with E-state index >= 15 is 0 Å². The molecule has 0 heterocycles. The third-order valence-corrected chi connectivity index (χ3v) is 3.57. The Morgan fingerprint density at radius 3 is 2.69 bits per heavy atom. The summed E-state index contributed by atoms with van der Waals surface area (Å²) in [6, 6.07) is 4.83. The Balaban J connectivity index is 1.99. The van der Waals surface area contributed by atoms with Crippen molar-refractivity contribution in [2.24, 2.45) is 0 Å². The van der Waals surface area contributed by atoms with Crippen LogP contribution in [0.4, 0.5) is 4.39 Å². The first-order valence-electron chi connectivity index (χ1n) is 5.76. The van der Waals surface area contributed by atoms with Gasteiger partial charge in [0, 0.05) is 12.1 Å². The van der Waals surface area contributed by atoms with Gasteiger partial charge in [0.05, 0.1) is 6.61 Å². The Kier molecular flexibility index (Phi) is 3.26. The topological polar surface area (TPSA) is 32.3 Å². The van der Waals surface area contributed by atoms with Crippen molar-refractivity contribution in [1.82, 2.24) is 5.32 Å². The maximum atomic E-state index is 12.9. The van der Waals surface area contributed by atoms with Gasteiger partial charge in [0.1, 0.15) is 5.82 Å². The van der Waals surface area contributed by atoms with Crippen LogP contribution in [0.3, 0.4) is 0 Å². The van der Waals surface area contributed by atoms with Crippen molar-refractivity contribution in [2.45, 2.75) is 38.3 Å². The van der Waals surface area contributed by atoms with Crippen LogP contribution in [-0.4, -0.2) is 17.3 Å². The Morgan fingerprint density at radius 2 is 2.19 bits per heavy atom. The average molecular weight is 223 g/mol. The molecule has 0 spiro atoms. The van der Waals surface area contributed by atoms with Crippen LogP contribution in [-0.2, 0) is 6.54 Å². The van der Waals surface area contributed by atoms with E-state index in [9.17, 15) is 9.50 Å². The third kappa shape index (κ3) is 2.25.